The Balaban J connectivity index is 2.10. The number of nitrogens with one attached hydrogen (secondary N) is 1. The van der Waals surface area contributed by atoms with Crippen LogP contribution in [-0.2, 0) is 11.2 Å². The van der Waals surface area contributed by atoms with Crippen molar-refractivity contribution in [1.29, 1.82) is 0 Å². The Bertz CT molecular complexity index is 379. The van der Waals surface area contributed by atoms with E-state index < -0.39 is 0 Å². The van der Waals surface area contributed by atoms with Crippen LogP contribution in [0.5, 0.6) is 0 Å². The normalized spacial score (nSPS) is 10.4. The van der Waals surface area contributed by atoms with Gasteiger partial charge in [0.25, 0.3) is 0 Å². The predicted molar refractivity (Wildman–Crippen MR) is 81.7 cm³/mol. The van der Waals surface area contributed by atoms with Crippen LogP contribution >= 0.6 is 11.6 Å². The van der Waals surface area contributed by atoms with E-state index in [-0.39, 0.29) is 5.91 Å². The molecule has 0 saturated heterocycles. The van der Waals surface area contributed by atoms with Crippen molar-refractivity contribution in [3.8, 4) is 0 Å². The molecule has 0 bridgehead atoms. The Morgan fingerprint density at radius 3 is 2.63 bits per heavy atom. The van der Waals surface area contributed by atoms with E-state index in [2.05, 4.69) is 24.4 Å². The van der Waals surface area contributed by atoms with Gasteiger partial charge in [0.1, 0.15) is 0 Å². The zero-order chi connectivity index (χ0) is 13.9. The van der Waals surface area contributed by atoms with E-state index >= 15 is 0 Å². The van der Waals surface area contributed by atoms with Crippen LogP contribution in [0.1, 0.15) is 43.2 Å². The van der Waals surface area contributed by atoms with Crippen molar-refractivity contribution in [3.05, 3.63) is 35.4 Å². The largest absolute Gasteiger partial charge is 0.356 e. The van der Waals surface area contributed by atoms with Crippen LogP contribution < -0.4 is 5.32 Å². The summed E-state index contributed by atoms with van der Waals surface area (Å²) in [6.45, 7) is 2.87. The van der Waals surface area contributed by atoms with Crippen LogP contribution in [0.3, 0.4) is 0 Å². The molecule has 1 N–H and O–H groups in total. The molecule has 0 aromatic heterocycles. The third kappa shape index (κ3) is 7.22. The molecule has 3 heteroatoms. The molecule has 0 saturated carbocycles. The lowest BCUT2D eigenvalue weighted by atomic mass is 10.0. The van der Waals surface area contributed by atoms with E-state index in [9.17, 15) is 4.79 Å². The summed E-state index contributed by atoms with van der Waals surface area (Å²) >= 11 is 5.61. The quantitative estimate of drug-likeness (QED) is 0.541. The van der Waals surface area contributed by atoms with Crippen LogP contribution in [0.2, 0.25) is 0 Å². The molecule has 0 heterocycles. The van der Waals surface area contributed by atoms with Crippen molar-refractivity contribution >= 4 is 17.5 Å². The average Bonchev–Trinajstić information content (AvgIpc) is 2.42. The van der Waals surface area contributed by atoms with Gasteiger partial charge in [-0.15, -0.1) is 11.6 Å². The fourth-order valence-electron chi connectivity index (χ4n) is 2.03. The second kappa shape index (κ2) is 9.85. The van der Waals surface area contributed by atoms with Gasteiger partial charge < -0.3 is 5.32 Å². The third-order valence-corrected chi connectivity index (χ3v) is 3.53. The highest BCUT2D eigenvalue weighted by molar-refractivity contribution is 6.17. The van der Waals surface area contributed by atoms with Gasteiger partial charge in [-0.25, -0.2) is 0 Å². The van der Waals surface area contributed by atoms with E-state index in [4.69, 9.17) is 11.6 Å². The summed E-state index contributed by atoms with van der Waals surface area (Å²) < 4.78 is 0. The van der Waals surface area contributed by atoms with Gasteiger partial charge >= 0.3 is 0 Å². The molecular weight excluding hydrogens is 258 g/mol. The van der Waals surface area contributed by atoms with Gasteiger partial charge in [-0.2, -0.15) is 0 Å². The first-order chi connectivity index (χ1) is 9.24. The van der Waals surface area contributed by atoms with Gasteiger partial charge in [-0.1, -0.05) is 37.1 Å². The van der Waals surface area contributed by atoms with Crippen molar-refractivity contribution in [3.63, 3.8) is 0 Å². The van der Waals surface area contributed by atoms with Crippen molar-refractivity contribution in [2.75, 3.05) is 12.4 Å². The molecule has 1 aromatic rings. The summed E-state index contributed by atoms with van der Waals surface area (Å²) in [6, 6.07) is 8.23. The highest BCUT2D eigenvalue weighted by atomic mass is 35.5. The standard InChI is InChI=1S/C16H24ClNO/c1-14-8-4-5-9-15(14)10-11-16(19)18-13-7-3-2-6-12-17/h4-5,8-9H,2-3,6-7,10-13H2,1H3,(H,18,19). The second-order valence-corrected chi connectivity index (χ2v) is 5.26. The SMILES string of the molecule is Cc1ccccc1CCC(=O)NCCCCCCCl. The first-order valence-electron chi connectivity index (χ1n) is 7.11. The molecule has 0 spiro atoms. The first-order valence-corrected chi connectivity index (χ1v) is 7.64. The molecule has 1 rings (SSSR count). The van der Waals surface area contributed by atoms with Crippen molar-refractivity contribution in [2.45, 2.75) is 45.4 Å². The highest BCUT2D eigenvalue weighted by Gasteiger charge is 2.03. The molecule has 2 nitrogen and oxygen atoms in total. The number of rotatable bonds is 9. The lowest BCUT2D eigenvalue weighted by Gasteiger charge is -2.07. The Labute approximate surface area is 121 Å². The zero-order valence-electron chi connectivity index (χ0n) is 11.8. The van der Waals surface area contributed by atoms with Gasteiger partial charge in [0, 0.05) is 18.8 Å². The van der Waals surface area contributed by atoms with Crippen LogP contribution in [0, 0.1) is 6.92 Å². The van der Waals surface area contributed by atoms with Crippen LogP contribution in [0.25, 0.3) is 0 Å². The van der Waals surface area contributed by atoms with Gasteiger partial charge in [-0.05, 0) is 37.3 Å². The molecule has 0 aliphatic carbocycles. The minimum Gasteiger partial charge on any atom is -0.356 e. The Hall–Kier alpha value is -1.02. The van der Waals surface area contributed by atoms with Crippen molar-refractivity contribution < 1.29 is 4.79 Å². The maximum atomic E-state index is 11.7. The molecule has 0 radical (unpaired) electrons. The van der Waals surface area contributed by atoms with Gasteiger partial charge in [0.05, 0.1) is 0 Å². The van der Waals surface area contributed by atoms with Gasteiger partial charge in [-0.3, -0.25) is 4.79 Å². The van der Waals surface area contributed by atoms with E-state index in [1.54, 1.807) is 0 Å². The fourth-order valence-corrected chi connectivity index (χ4v) is 2.22. The fraction of sp³-hybridized carbons (Fsp3) is 0.562. The first kappa shape index (κ1) is 16.0. The van der Waals surface area contributed by atoms with E-state index in [0.717, 1.165) is 44.5 Å². The number of carbonyl (C=O) groups is 1. The maximum absolute atomic E-state index is 11.7. The van der Waals surface area contributed by atoms with Crippen molar-refractivity contribution in [2.24, 2.45) is 0 Å². The molecule has 1 amide bonds. The lowest BCUT2D eigenvalue weighted by Crippen LogP contribution is -2.24. The van der Waals surface area contributed by atoms with Crippen LogP contribution in [-0.4, -0.2) is 18.3 Å². The number of amides is 1. The summed E-state index contributed by atoms with van der Waals surface area (Å²) in [4.78, 5) is 11.7. The molecule has 0 fully saturated rings. The average molecular weight is 282 g/mol. The lowest BCUT2D eigenvalue weighted by molar-refractivity contribution is -0.121. The topological polar surface area (TPSA) is 29.1 Å². The van der Waals surface area contributed by atoms with E-state index in [1.807, 2.05) is 12.1 Å². The molecule has 0 unspecified atom stereocenters. The van der Waals surface area contributed by atoms with Crippen LogP contribution in [0.4, 0.5) is 0 Å². The minimum atomic E-state index is 0.153. The van der Waals surface area contributed by atoms with E-state index in [0.29, 0.717) is 6.42 Å². The molecule has 106 valence electrons. The number of unbranched alkanes of at least 4 members (excludes halogenated alkanes) is 3. The summed E-state index contributed by atoms with van der Waals surface area (Å²) in [6.07, 6.45) is 5.82. The third-order valence-electron chi connectivity index (χ3n) is 3.27. The summed E-state index contributed by atoms with van der Waals surface area (Å²) in [7, 11) is 0. The number of hydrogen-bond donors (Lipinski definition) is 1. The number of benzene rings is 1. The van der Waals surface area contributed by atoms with Crippen LogP contribution in [0.15, 0.2) is 24.3 Å². The number of alkyl halides is 1. The van der Waals surface area contributed by atoms with Gasteiger partial charge in [0.15, 0.2) is 0 Å². The van der Waals surface area contributed by atoms with Gasteiger partial charge in [0.2, 0.25) is 5.91 Å². The maximum Gasteiger partial charge on any atom is 0.220 e. The predicted octanol–water partition coefficient (Wildman–Crippen LogP) is 3.84. The number of aryl methyl sites for hydroxylation is 2. The summed E-state index contributed by atoms with van der Waals surface area (Å²) in [5, 5.41) is 2.98. The Kier molecular flexibility index (Phi) is 8.31. The summed E-state index contributed by atoms with van der Waals surface area (Å²) in [5.74, 6) is 0.892. The summed E-state index contributed by atoms with van der Waals surface area (Å²) in [5.41, 5.74) is 2.52. The molecule has 1 aromatic carbocycles. The second-order valence-electron chi connectivity index (χ2n) is 4.88. The number of carbonyl (C=O) groups excluding carboxylic acids is 1. The van der Waals surface area contributed by atoms with E-state index in [1.165, 1.54) is 11.1 Å². The monoisotopic (exact) mass is 281 g/mol. The smallest absolute Gasteiger partial charge is 0.220 e. The molecule has 0 aliphatic rings. The zero-order valence-corrected chi connectivity index (χ0v) is 12.5. The molecule has 0 atom stereocenters. The molecule has 0 aliphatic heterocycles. The Morgan fingerprint density at radius 2 is 1.89 bits per heavy atom. The Morgan fingerprint density at radius 1 is 1.16 bits per heavy atom. The number of hydrogen-bond acceptors (Lipinski definition) is 1. The number of halogens is 1. The molecule has 19 heavy (non-hydrogen) atoms. The molecular formula is C16H24ClNO. The minimum absolute atomic E-state index is 0.153. The highest BCUT2D eigenvalue weighted by Crippen LogP contribution is 2.09. The van der Waals surface area contributed by atoms with Crippen molar-refractivity contribution in [1.82, 2.24) is 5.32 Å².